The van der Waals surface area contributed by atoms with Crippen LogP contribution in [0.2, 0.25) is 0 Å². The van der Waals surface area contributed by atoms with Crippen molar-refractivity contribution in [3.05, 3.63) is 71.8 Å². The lowest BCUT2D eigenvalue weighted by Gasteiger charge is -1.95. The van der Waals surface area contributed by atoms with Crippen molar-refractivity contribution < 1.29 is 0 Å². The molecule has 0 nitrogen and oxygen atoms in total. The number of benzene rings is 1. The minimum absolute atomic E-state index is 1.02. The van der Waals surface area contributed by atoms with Crippen molar-refractivity contribution in [3.63, 3.8) is 0 Å². The maximum Gasteiger partial charge on any atom is -0.0260 e. The van der Waals surface area contributed by atoms with Gasteiger partial charge in [-0.2, -0.15) is 17.7 Å². The maximum absolute atomic E-state index is 2.20. The largest absolute Gasteiger partial charge is 0.213 e. The zero-order valence-corrected chi connectivity index (χ0v) is 8.06. The molecule has 2 aromatic carbocycles. The summed E-state index contributed by atoms with van der Waals surface area (Å²) in [5.41, 5.74) is 2.64. The SMILES string of the molecule is C(=Cc1ccccc1)Cc1ccc[cH-]1. The van der Waals surface area contributed by atoms with Crippen LogP contribution in [0.4, 0.5) is 0 Å². The fourth-order valence-electron chi connectivity index (χ4n) is 1.45. The number of allylic oxidation sites excluding steroid dienone is 1. The normalized spacial score (nSPS) is 10.9. The van der Waals surface area contributed by atoms with Gasteiger partial charge in [0, 0.05) is 0 Å². The topological polar surface area (TPSA) is 0 Å². The molecule has 0 aliphatic heterocycles. The molecule has 0 heteroatoms. The number of hydrogen-bond donors (Lipinski definition) is 0. The molecule has 0 saturated heterocycles. The highest BCUT2D eigenvalue weighted by atomic mass is 13.9. The van der Waals surface area contributed by atoms with E-state index in [0.717, 1.165) is 6.42 Å². The lowest BCUT2D eigenvalue weighted by atomic mass is 10.1. The summed E-state index contributed by atoms with van der Waals surface area (Å²) in [5.74, 6) is 0. The Morgan fingerprint density at radius 1 is 1.00 bits per heavy atom. The lowest BCUT2D eigenvalue weighted by molar-refractivity contribution is 1.31. The second-order valence-electron chi connectivity index (χ2n) is 3.31. The smallest absolute Gasteiger partial charge is 0.0260 e. The van der Waals surface area contributed by atoms with Gasteiger partial charge in [-0.05, 0) is 12.0 Å². The van der Waals surface area contributed by atoms with E-state index in [1.807, 2.05) is 6.07 Å². The molecule has 0 N–H and O–H groups in total. The molecule has 0 aliphatic carbocycles. The van der Waals surface area contributed by atoms with Gasteiger partial charge < -0.3 is 0 Å². The van der Waals surface area contributed by atoms with Crippen molar-refractivity contribution in [1.82, 2.24) is 0 Å². The van der Waals surface area contributed by atoms with Gasteiger partial charge in [0.2, 0.25) is 0 Å². The van der Waals surface area contributed by atoms with Crippen LogP contribution in [0.25, 0.3) is 6.08 Å². The minimum atomic E-state index is 1.02. The minimum Gasteiger partial charge on any atom is -0.213 e. The molecule has 70 valence electrons. The quantitative estimate of drug-likeness (QED) is 0.634. The average Bonchev–Trinajstić information content (AvgIpc) is 2.72. The van der Waals surface area contributed by atoms with Crippen LogP contribution in [0.15, 0.2) is 60.7 Å². The van der Waals surface area contributed by atoms with Crippen molar-refractivity contribution in [2.75, 3.05) is 0 Å². The van der Waals surface area contributed by atoms with Gasteiger partial charge in [-0.3, -0.25) is 0 Å². The second kappa shape index (κ2) is 4.52. The molecule has 0 unspecified atom stereocenters. The van der Waals surface area contributed by atoms with Gasteiger partial charge in [0.05, 0.1) is 0 Å². The summed E-state index contributed by atoms with van der Waals surface area (Å²) in [6, 6.07) is 18.8. The van der Waals surface area contributed by atoms with E-state index in [2.05, 4.69) is 60.7 Å². The van der Waals surface area contributed by atoms with E-state index in [1.54, 1.807) is 0 Å². The monoisotopic (exact) mass is 181 g/mol. The Balaban J connectivity index is 1.96. The molecular formula is C14H13-. The molecule has 0 radical (unpaired) electrons. The first kappa shape index (κ1) is 8.89. The average molecular weight is 181 g/mol. The van der Waals surface area contributed by atoms with Crippen LogP contribution in [0.1, 0.15) is 11.1 Å². The Hall–Kier alpha value is -1.69. The third-order valence-electron chi connectivity index (χ3n) is 2.20. The summed E-state index contributed by atoms with van der Waals surface area (Å²) in [4.78, 5) is 0. The van der Waals surface area contributed by atoms with Crippen molar-refractivity contribution in [3.8, 4) is 0 Å². The van der Waals surface area contributed by atoms with Crippen molar-refractivity contribution in [2.24, 2.45) is 0 Å². The fraction of sp³-hybridized carbons (Fsp3) is 0.0714. The Morgan fingerprint density at radius 3 is 2.57 bits per heavy atom. The van der Waals surface area contributed by atoms with Gasteiger partial charge >= 0.3 is 0 Å². The van der Waals surface area contributed by atoms with Crippen LogP contribution in [0, 0.1) is 0 Å². The molecule has 2 rings (SSSR count). The van der Waals surface area contributed by atoms with Crippen molar-refractivity contribution in [1.29, 1.82) is 0 Å². The Labute approximate surface area is 84.9 Å². The van der Waals surface area contributed by atoms with Crippen LogP contribution in [-0.4, -0.2) is 0 Å². The maximum atomic E-state index is 2.20. The molecule has 2 aromatic rings. The molecule has 0 atom stereocenters. The van der Waals surface area contributed by atoms with Crippen molar-refractivity contribution in [2.45, 2.75) is 6.42 Å². The Kier molecular flexibility index (Phi) is 2.87. The summed E-state index contributed by atoms with van der Waals surface area (Å²) in [7, 11) is 0. The zero-order chi connectivity index (χ0) is 9.64. The first-order valence-corrected chi connectivity index (χ1v) is 4.87. The van der Waals surface area contributed by atoms with E-state index in [1.165, 1.54) is 11.1 Å². The molecule has 0 spiro atoms. The van der Waals surface area contributed by atoms with Crippen LogP contribution in [0.3, 0.4) is 0 Å². The van der Waals surface area contributed by atoms with Crippen LogP contribution in [-0.2, 0) is 6.42 Å². The fourth-order valence-corrected chi connectivity index (χ4v) is 1.45. The van der Waals surface area contributed by atoms with E-state index >= 15 is 0 Å². The van der Waals surface area contributed by atoms with E-state index < -0.39 is 0 Å². The van der Waals surface area contributed by atoms with E-state index in [0.29, 0.717) is 0 Å². The van der Waals surface area contributed by atoms with Gasteiger partial charge in [-0.15, -0.1) is 0 Å². The van der Waals surface area contributed by atoms with Gasteiger partial charge in [0.15, 0.2) is 0 Å². The standard InChI is InChI=1S/C14H13/c1-2-7-13(8-3-1)11-6-12-14-9-4-5-10-14/h1-11H,12H2/q-1. The highest BCUT2D eigenvalue weighted by Gasteiger charge is 1.82. The third kappa shape index (κ3) is 2.40. The molecule has 14 heavy (non-hydrogen) atoms. The molecule has 0 aromatic heterocycles. The van der Waals surface area contributed by atoms with Gasteiger partial charge in [-0.1, -0.05) is 42.5 Å². The third-order valence-corrected chi connectivity index (χ3v) is 2.20. The first-order valence-electron chi connectivity index (χ1n) is 4.87. The molecule has 0 fully saturated rings. The highest BCUT2D eigenvalue weighted by Crippen LogP contribution is 2.05. The van der Waals surface area contributed by atoms with Crippen LogP contribution in [0.5, 0.6) is 0 Å². The molecule has 0 aliphatic rings. The summed E-state index contributed by atoms with van der Waals surface area (Å²) in [5, 5.41) is 0. The predicted molar refractivity (Wildman–Crippen MR) is 61.2 cm³/mol. The zero-order valence-electron chi connectivity index (χ0n) is 8.06. The van der Waals surface area contributed by atoms with Gasteiger partial charge in [-0.25, -0.2) is 12.1 Å². The van der Waals surface area contributed by atoms with E-state index in [4.69, 9.17) is 0 Å². The van der Waals surface area contributed by atoms with Crippen LogP contribution < -0.4 is 0 Å². The molecule has 0 heterocycles. The van der Waals surface area contributed by atoms with Gasteiger partial charge in [0.1, 0.15) is 0 Å². The predicted octanol–water partition coefficient (Wildman–Crippen LogP) is 3.66. The Bertz CT molecular complexity index is 379. The van der Waals surface area contributed by atoms with Crippen LogP contribution >= 0.6 is 0 Å². The number of hydrogen-bond acceptors (Lipinski definition) is 0. The molecule has 0 saturated carbocycles. The lowest BCUT2D eigenvalue weighted by Crippen LogP contribution is -1.74. The molecular weight excluding hydrogens is 168 g/mol. The first-order chi connectivity index (χ1) is 6.95. The van der Waals surface area contributed by atoms with Crippen molar-refractivity contribution >= 4 is 6.08 Å². The summed E-state index contributed by atoms with van der Waals surface area (Å²) < 4.78 is 0. The molecule has 0 amide bonds. The summed E-state index contributed by atoms with van der Waals surface area (Å²) in [6.45, 7) is 0. The molecule has 0 bridgehead atoms. The van der Waals surface area contributed by atoms with Gasteiger partial charge in [0.25, 0.3) is 0 Å². The van der Waals surface area contributed by atoms with E-state index in [9.17, 15) is 0 Å². The number of rotatable bonds is 3. The summed E-state index contributed by atoms with van der Waals surface area (Å²) in [6.07, 6.45) is 5.37. The second-order valence-corrected chi connectivity index (χ2v) is 3.31. The highest BCUT2D eigenvalue weighted by molar-refractivity contribution is 5.49. The Morgan fingerprint density at radius 2 is 1.86 bits per heavy atom. The summed E-state index contributed by atoms with van der Waals surface area (Å²) >= 11 is 0. The van der Waals surface area contributed by atoms with E-state index in [-0.39, 0.29) is 0 Å².